The summed E-state index contributed by atoms with van der Waals surface area (Å²) in [6.45, 7) is 1.95. The molecule has 1 aromatic carbocycles. The molecule has 0 saturated carbocycles. The second-order valence-electron chi connectivity index (χ2n) is 3.17. The van der Waals surface area contributed by atoms with Crippen LogP contribution < -0.4 is 5.14 Å². The van der Waals surface area contributed by atoms with Crippen LogP contribution in [-0.2, 0) is 19.6 Å². The first-order valence-electron chi connectivity index (χ1n) is 4.92. The molecule has 1 aromatic rings. The van der Waals surface area contributed by atoms with Gasteiger partial charge in [-0.25, -0.2) is 18.4 Å². The lowest BCUT2D eigenvalue weighted by Gasteiger charge is -2.02. The van der Waals surface area contributed by atoms with E-state index in [0.717, 1.165) is 6.08 Å². The predicted octanol–water partition coefficient (Wildman–Crippen LogP) is 0.910. The minimum atomic E-state index is -3.80. The summed E-state index contributed by atoms with van der Waals surface area (Å²) in [6, 6.07) is 6.14. The molecule has 0 amide bonds. The molecule has 0 radical (unpaired) electrons. The first-order valence-corrected chi connectivity index (χ1v) is 6.46. The number of hydrogen-bond donors (Lipinski definition) is 1. The van der Waals surface area contributed by atoms with Gasteiger partial charge in [-0.3, -0.25) is 0 Å². The molecule has 0 atom stereocenters. The van der Waals surface area contributed by atoms with Gasteiger partial charge in [-0.15, -0.1) is 0 Å². The van der Waals surface area contributed by atoms with Crippen LogP contribution in [0.5, 0.6) is 0 Å². The van der Waals surface area contributed by atoms with E-state index in [1.165, 1.54) is 12.1 Å². The average Bonchev–Trinajstić information content (AvgIpc) is 2.26. The molecule has 0 aliphatic rings. The maximum absolute atomic E-state index is 11.3. The van der Waals surface area contributed by atoms with Crippen LogP contribution in [0.3, 0.4) is 0 Å². The third-order valence-electron chi connectivity index (χ3n) is 1.91. The molecule has 0 aromatic heterocycles. The van der Waals surface area contributed by atoms with Crippen LogP contribution in [0.2, 0.25) is 0 Å². The van der Waals surface area contributed by atoms with Gasteiger partial charge in [0.25, 0.3) is 0 Å². The van der Waals surface area contributed by atoms with Crippen molar-refractivity contribution >= 4 is 22.1 Å². The number of carbonyl (C=O) groups is 1. The largest absolute Gasteiger partial charge is 0.463 e. The number of carbonyl (C=O) groups excluding carboxylic acids is 1. The van der Waals surface area contributed by atoms with E-state index in [2.05, 4.69) is 4.74 Å². The van der Waals surface area contributed by atoms with Crippen LogP contribution in [-0.4, -0.2) is 21.0 Å². The van der Waals surface area contributed by atoms with E-state index in [9.17, 15) is 13.2 Å². The van der Waals surface area contributed by atoms with Gasteiger partial charge in [-0.05, 0) is 24.6 Å². The molecule has 0 saturated heterocycles. The Hall–Kier alpha value is -1.66. The molecule has 0 spiro atoms. The van der Waals surface area contributed by atoms with Gasteiger partial charge < -0.3 is 4.74 Å². The maximum Gasteiger partial charge on any atom is 0.330 e. The zero-order chi connectivity index (χ0) is 12.9. The summed E-state index contributed by atoms with van der Waals surface area (Å²) in [6.07, 6.45) is 2.52. The summed E-state index contributed by atoms with van der Waals surface area (Å²) in [5.74, 6) is -0.531. The smallest absolute Gasteiger partial charge is 0.330 e. The topological polar surface area (TPSA) is 86.5 Å². The van der Waals surface area contributed by atoms with Gasteiger partial charge in [0.2, 0.25) is 10.0 Å². The Balaban J connectivity index is 3.04. The first-order chi connectivity index (χ1) is 7.95. The van der Waals surface area contributed by atoms with Gasteiger partial charge in [0.1, 0.15) is 0 Å². The van der Waals surface area contributed by atoms with E-state index in [1.807, 2.05) is 0 Å². The van der Waals surface area contributed by atoms with E-state index < -0.39 is 16.0 Å². The normalized spacial score (nSPS) is 11.6. The molecule has 92 valence electrons. The molecular weight excluding hydrogens is 242 g/mol. The minimum Gasteiger partial charge on any atom is -0.463 e. The van der Waals surface area contributed by atoms with Gasteiger partial charge in [0.05, 0.1) is 11.5 Å². The zero-order valence-electron chi connectivity index (χ0n) is 9.29. The molecule has 17 heavy (non-hydrogen) atoms. The standard InChI is InChI=1S/C11H13NO4S/c1-2-16-11(13)8-7-9-5-3-4-6-10(9)17(12,14)15/h3-8H,2H2,1H3,(H2,12,14,15)/b8-7+. The molecular formula is C11H13NO4S. The van der Waals surface area contributed by atoms with E-state index in [0.29, 0.717) is 5.56 Å². The Morgan fingerprint density at radius 3 is 2.65 bits per heavy atom. The number of nitrogens with two attached hydrogens (primary N) is 1. The molecule has 6 heteroatoms. The SMILES string of the molecule is CCOC(=O)/C=C/c1ccccc1S(N)(=O)=O. The van der Waals surface area contributed by atoms with Crippen molar-refractivity contribution in [3.8, 4) is 0 Å². The van der Waals surface area contributed by atoms with Gasteiger partial charge in [0, 0.05) is 6.08 Å². The summed E-state index contributed by atoms with van der Waals surface area (Å²) in [4.78, 5) is 11.1. The Labute approximate surface area is 99.9 Å². The summed E-state index contributed by atoms with van der Waals surface area (Å²) in [5, 5.41) is 5.04. The fourth-order valence-corrected chi connectivity index (χ4v) is 1.96. The lowest BCUT2D eigenvalue weighted by Crippen LogP contribution is -2.13. The van der Waals surface area contributed by atoms with Gasteiger partial charge in [-0.1, -0.05) is 18.2 Å². The van der Waals surface area contributed by atoms with Crippen molar-refractivity contribution in [2.45, 2.75) is 11.8 Å². The van der Waals surface area contributed by atoms with Crippen molar-refractivity contribution in [1.29, 1.82) is 0 Å². The summed E-state index contributed by atoms with van der Waals surface area (Å²) in [5.41, 5.74) is 0.350. The van der Waals surface area contributed by atoms with Crippen molar-refractivity contribution in [2.24, 2.45) is 5.14 Å². The van der Waals surface area contributed by atoms with Crippen molar-refractivity contribution in [3.05, 3.63) is 35.9 Å². The number of hydrogen-bond acceptors (Lipinski definition) is 4. The average molecular weight is 255 g/mol. The number of sulfonamides is 1. The molecule has 0 aliphatic carbocycles. The van der Waals surface area contributed by atoms with Crippen molar-refractivity contribution in [1.82, 2.24) is 0 Å². The highest BCUT2D eigenvalue weighted by Crippen LogP contribution is 2.15. The van der Waals surface area contributed by atoms with Gasteiger partial charge in [-0.2, -0.15) is 0 Å². The summed E-state index contributed by atoms with van der Waals surface area (Å²) < 4.78 is 27.2. The van der Waals surface area contributed by atoms with Crippen LogP contribution in [0.1, 0.15) is 12.5 Å². The number of esters is 1. The van der Waals surface area contributed by atoms with Crippen LogP contribution in [0.4, 0.5) is 0 Å². The molecule has 0 heterocycles. The van der Waals surface area contributed by atoms with E-state index in [4.69, 9.17) is 5.14 Å². The lowest BCUT2D eigenvalue weighted by molar-refractivity contribution is -0.137. The van der Waals surface area contributed by atoms with Crippen LogP contribution >= 0.6 is 0 Å². The molecule has 2 N–H and O–H groups in total. The highest BCUT2D eigenvalue weighted by Gasteiger charge is 2.11. The molecule has 5 nitrogen and oxygen atoms in total. The predicted molar refractivity (Wildman–Crippen MR) is 63.5 cm³/mol. The summed E-state index contributed by atoms with van der Waals surface area (Å²) >= 11 is 0. The van der Waals surface area contributed by atoms with Crippen molar-refractivity contribution in [3.63, 3.8) is 0 Å². The quantitative estimate of drug-likeness (QED) is 0.640. The molecule has 0 aliphatic heterocycles. The van der Waals surface area contributed by atoms with Gasteiger partial charge >= 0.3 is 5.97 Å². The Kier molecular flexibility index (Phi) is 4.42. The number of rotatable bonds is 4. The summed E-state index contributed by atoms with van der Waals surface area (Å²) in [7, 11) is -3.80. The number of ether oxygens (including phenoxy) is 1. The van der Waals surface area contributed by atoms with Crippen molar-refractivity contribution in [2.75, 3.05) is 6.61 Å². The number of primary sulfonamides is 1. The monoisotopic (exact) mass is 255 g/mol. The lowest BCUT2D eigenvalue weighted by atomic mass is 10.2. The van der Waals surface area contributed by atoms with Crippen LogP contribution in [0, 0.1) is 0 Å². The molecule has 0 bridgehead atoms. The van der Waals surface area contributed by atoms with E-state index in [1.54, 1.807) is 25.1 Å². The van der Waals surface area contributed by atoms with Crippen LogP contribution in [0.15, 0.2) is 35.2 Å². The fraction of sp³-hybridized carbons (Fsp3) is 0.182. The van der Waals surface area contributed by atoms with Crippen molar-refractivity contribution < 1.29 is 17.9 Å². The second-order valence-corrected chi connectivity index (χ2v) is 4.70. The number of benzene rings is 1. The Bertz CT molecular complexity index is 534. The van der Waals surface area contributed by atoms with Crippen LogP contribution in [0.25, 0.3) is 6.08 Å². The first kappa shape index (κ1) is 13.4. The fourth-order valence-electron chi connectivity index (χ4n) is 1.23. The highest BCUT2D eigenvalue weighted by molar-refractivity contribution is 7.89. The molecule has 0 unspecified atom stereocenters. The van der Waals surface area contributed by atoms with E-state index >= 15 is 0 Å². The Morgan fingerprint density at radius 2 is 2.06 bits per heavy atom. The molecule has 0 fully saturated rings. The van der Waals surface area contributed by atoms with E-state index in [-0.39, 0.29) is 11.5 Å². The third-order valence-corrected chi connectivity index (χ3v) is 2.90. The Morgan fingerprint density at radius 1 is 1.41 bits per heavy atom. The molecule has 1 rings (SSSR count). The highest BCUT2D eigenvalue weighted by atomic mass is 32.2. The zero-order valence-corrected chi connectivity index (χ0v) is 10.1. The third kappa shape index (κ3) is 4.01. The maximum atomic E-state index is 11.3. The van der Waals surface area contributed by atoms with Gasteiger partial charge in [0.15, 0.2) is 0 Å². The second kappa shape index (κ2) is 5.60. The minimum absolute atomic E-state index is 0.0273.